The maximum Gasteiger partial charge on any atom is 0.170 e. The van der Waals surface area contributed by atoms with Crippen molar-refractivity contribution in [2.75, 3.05) is 25.0 Å². The Morgan fingerprint density at radius 2 is 1.96 bits per heavy atom. The lowest BCUT2D eigenvalue weighted by Gasteiger charge is -2.35. The SMILES string of the molecule is CC[C@H]1CCCCN1CCCNC(=S)Nc1cc(C)cc(C)c1. The molecule has 23 heavy (non-hydrogen) atoms. The number of thiocarbonyl (C=S) groups is 1. The van der Waals surface area contributed by atoms with Gasteiger partial charge in [-0.1, -0.05) is 19.4 Å². The summed E-state index contributed by atoms with van der Waals surface area (Å²) >= 11 is 5.40. The molecule has 1 saturated heterocycles. The van der Waals surface area contributed by atoms with E-state index >= 15 is 0 Å². The summed E-state index contributed by atoms with van der Waals surface area (Å²) in [6, 6.07) is 7.22. The average molecular weight is 334 g/mol. The van der Waals surface area contributed by atoms with E-state index in [1.807, 2.05) is 0 Å². The van der Waals surface area contributed by atoms with Crippen molar-refractivity contribution in [2.24, 2.45) is 0 Å². The Kier molecular flexibility index (Phi) is 7.31. The van der Waals surface area contributed by atoms with Crippen molar-refractivity contribution in [1.82, 2.24) is 10.2 Å². The molecule has 0 unspecified atom stereocenters. The lowest BCUT2D eigenvalue weighted by Crippen LogP contribution is -2.40. The highest BCUT2D eigenvalue weighted by Crippen LogP contribution is 2.19. The monoisotopic (exact) mass is 333 g/mol. The standard InChI is InChI=1S/C19H31N3S/c1-4-18-8-5-6-10-22(18)11-7-9-20-19(23)21-17-13-15(2)12-16(3)14-17/h12-14,18H,4-11H2,1-3H3,(H2,20,21,23)/t18-/m0/s1. The van der Waals surface area contributed by atoms with Crippen LogP contribution in [0.15, 0.2) is 18.2 Å². The van der Waals surface area contributed by atoms with E-state index in [0.29, 0.717) is 0 Å². The van der Waals surface area contributed by atoms with Gasteiger partial charge in [0.1, 0.15) is 0 Å². The number of aryl methyl sites for hydroxylation is 2. The third-order valence-corrected chi connectivity index (χ3v) is 4.85. The zero-order valence-electron chi connectivity index (χ0n) is 14.8. The minimum atomic E-state index is 0.723. The first-order valence-corrected chi connectivity index (χ1v) is 9.36. The van der Waals surface area contributed by atoms with E-state index in [-0.39, 0.29) is 0 Å². The first-order chi connectivity index (χ1) is 11.1. The summed E-state index contributed by atoms with van der Waals surface area (Å²) in [5, 5.41) is 7.35. The highest BCUT2D eigenvalue weighted by atomic mass is 32.1. The molecule has 0 bridgehead atoms. The Bertz CT molecular complexity index is 495. The number of hydrogen-bond acceptors (Lipinski definition) is 2. The van der Waals surface area contributed by atoms with Crippen molar-refractivity contribution >= 4 is 23.0 Å². The van der Waals surface area contributed by atoms with E-state index in [2.05, 4.69) is 54.5 Å². The fraction of sp³-hybridized carbons (Fsp3) is 0.632. The Morgan fingerprint density at radius 3 is 2.65 bits per heavy atom. The zero-order chi connectivity index (χ0) is 16.7. The molecule has 0 spiro atoms. The van der Waals surface area contributed by atoms with Crippen LogP contribution >= 0.6 is 12.2 Å². The first kappa shape index (κ1) is 18.2. The molecule has 1 heterocycles. The molecular formula is C19H31N3S. The molecule has 1 aromatic rings. The normalized spacial score (nSPS) is 18.7. The summed E-state index contributed by atoms with van der Waals surface area (Å²) in [5.74, 6) is 0. The van der Waals surface area contributed by atoms with E-state index < -0.39 is 0 Å². The number of benzene rings is 1. The van der Waals surface area contributed by atoms with Gasteiger partial charge in [-0.15, -0.1) is 0 Å². The summed E-state index contributed by atoms with van der Waals surface area (Å²) in [6.07, 6.45) is 6.55. The van der Waals surface area contributed by atoms with Gasteiger partial charge in [-0.05, 0) is 81.6 Å². The number of rotatable bonds is 6. The Morgan fingerprint density at radius 1 is 1.22 bits per heavy atom. The molecule has 1 aliphatic heterocycles. The highest BCUT2D eigenvalue weighted by Gasteiger charge is 2.19. The quantitative estimate of drug-likeness (QED) is 0.601. The third-order valence-electron chi connectivity index (χ3n) is 4.61. The van der Waals surface area contributed by atoms with Crippen molar-refractivity contribution in [3.63, 3.8) is 0 Å². The molecule has 0 amide bonds. The van der Waals surface area contributed by atoms with E-state index in [4.69, 9.17) is 12.2 Å². The van der Waals surface area contributed by atoms with E-state index in [1.165, 1.54) is 49.9 Å². The second-order valence-electron chi connectivity index (χ2n) is 6.70. The number of piperidine rings is 1. The van der Waals surface area contributed by atoms with E-state index in [1.54, 1.807) is 0 Å². The van der Waals surface area contributed by atoms with Crippen molar-refractivity contribution in [3.8, 4) is 0 Å². The number of nitrogens with zero attached hydrogens (tertiary/aromatic N) is 1. The summed E-state index contributed by atoms with van der Waals surface area (Å²) in [7, 11) is 0. The second-order valence-corrected chi connectivity index (χ2v) is 7.11. The summed E-state index contributed by atoms with van der Waals surface area (Å²) in [5.41, 5.74) is 3.58. The van der Waals surface area contributed by atoms with E-state index in [0.717, 1.165) is 29.8 Å². The lowest BCUT2D eigenvalue weighted by molar-refractivity contribution is 0.143. The predicted octanol–water partition coefficient (Wildman–Crippen LogP) is 4.24. The van der Waals surface area contributed by atoms with Gasteiger partial charge in [0.15, 0.2) is 5.11 Å². The molecule has 0 radical (unpaired) electrons. The van der Waals surface area contributed by atoms with Gasteiger partial charge in [0.2, 0.25) is 0 Å². The lowest BCUT2D eigenvalue weighted by atomic mass is 10.00. The maximum atomic E-state index is 5.40. The average Bonchev–Trinajstić information content (AvgIpc) is 2.51. The predicted molar refractivity (Wildman–Crippen MR) is 104 cm³/mol. The van der Waals surface area contributed by atoms with Crippen molar-refractivity contribution in [3.05, 3.63) is 29.3 Å². The summed E-state index contributed by atoms with van der Waals surface area (Å²) < 4.78 is 0. The van der Waals surface area contributed by atoms with E-state index in [9.17, 15) is 0 Å². The number of nitrogens with one attached hydrogen (secondary N) is 2. The Balaban J connectivity index is 1.68. The van der Waals surface area contributed by atoms with Crippen LogP contribution in [-0.2, 0) is 0 Å². The molecule has 0 aromatic heterocycles. The molecule has 0 aliphatic carbocycles. The molecule has 1 fully saturated rings. The molecule has 3 nitrogen and oxygen atoms in total. The van der Waals surface area contributed by atoms with Gasteiger partial charge in [0.05, 0.1) is 0 Å². The van der Waals surface area contributed by atoms with Gasteiger partial charge in [0, 0.05) is 24.8 Å². The van der Waals surface area contributed by atoms with Crippen LogP contribution < -0.4 is 10.6 Å². The molecular weight excluding hydrogens is 302 g/mol. The fourth-order valence-corrected chi connectivity index (χ4v) is 3.74. The first-order valence-electron chi connectivity index (χ1n) is 8.95. The van der Waals surface area contributed by atoms with Crippen LogP contribution in [0.25, 0.3) is 0 Å². The summed E-state index contributed by atoms with van der Waals surface area (Å²) in [6.45, 7) is 9.91. The van der Waals surface area contributed by atoms with Gasteiger partial charge >= 0.3 is 0 Å². The molecule has 2 rings (SSSR count). The van der Waals surface area contributed by atoms with Crippen LogP contribution in [0.1, 0.15) is 50.2 Å². The number of likely N-dealkylation sites (tertiary alicyclic amines) is 1. The molecule has 0 saturated carbocycles. The topological polar surface area (TPSA) is 27.3 Å². The minimum absolute atomic E-state index is 0.723. The van der Waals surface area contributed by atoms with Gasteiger partial charge in [-0.2, -0.15) is 0 Å². The number of hydrogen-bond donors (Lipinski definition) is 2. The smallest absolute Gasteiger partial charge is 0.170 e. The Hall–Kier alpha value is -1.13. The molecule has 1 aromatic carbocycles. The van der Waals surface area contributed by atoms with Gasteiger partial charge in [-0.25, -0.2) is 0 Å². The van der Waals surface area contributed by atoms with Gasteiger partial charge in [-0.3, -0.25) is 0 Å². The van der Waals surface area contributed by atoms with Crippen LogP contribution in [0.5, 0.6) is 0 Å². The maximum absolute atomic E-state index is 5.40. The highest BCUT2D eigenvalue weighted by molar-refractivity contribution is 7.80. The zero-order valence-corrected chi connectivity index (χ0v) is 15.6. The van der Waals surface area contributed by atoms with Crippen LogP contribution in [0, 0.1) is 13.8 Å². The van der Waals surface area contributed by atoms with Crippen LogP contribution in [0.2, 0.25) is 0 Å². The third kappa shape index (κ3) is 6.11. The van der Waals surface area contributed by atoms with Gasteiger partial charge in [0.25, 0.3) is 0 Å². The summed E-state index contributed by atoms with van der Waals surface area (Å²) in [4.78, 5) is 2.66. The van der Waals surface area contributed by atoms with Gasteiger partial charge < -0.3 is 15.5 Å². The largest absolute Gasteiger partial charge is 0.362 e. The molecule has 1 aliphatic rings. The van der Waals surface area contributed by atoms with Crippen LogP contribution in [0.3, 0.4) is 0 Å². The van der Waals surface area contributed by atoms with Crippen molar-refractivity contribution < 1.29 is 0 Å². The molecule has 1 atom stereocenters. The van der Waals surface area contributed by atoms with Crippen molar-refractivity contribution in [1.29, 1.82) is 0 Å². The Labute approximate surface area is 146 Å². The number of anilines is 1. The van der Waals surface area contributed by atoms with Crippen LogP contribution in [-0.4, -0.2) is 35.7 Å². The van der Waals surface area contributed by atoms with Crippen molar-refractivity contribution in [2.45, 2.75) is 58.9 Å². The molecule has 2 N–H and O–H groups in total. The minimum Gasteiger partial charge on any atom is -0.362 e. The second kappa shape index (κ2) is 9.24. The molecule has 4 heteroatoms. The molecule has 128 valence electrons. The fourth-order valence-electron chi connectivity index (χ4n) is 3.52. The van der Waals surface area contributed by atoms with Crippen LogP contribution in [0.4, 0.5) is 5.69 Å².